The summed E-state index contributed by atoms with van der Waals surface area (Å²) in [6, 6.07) is 9.49. The maximum absolute atomic E-state index is 9.67. The number of rotatable bonds is 4. The average Bonchev–Trinajstić information content (AvgIpc) is 2.29. The Morgan fingerprint density at radius 3 is 2.60 bits per heavy atom. The number of nitrogens with two attached hydrogens (primary N) is 1. The molecule has 0 aliphatic carbocycles. The molecule has 1 aromatic rings. The minimum Gasteiger partial charge on any atom is -0.386 e. The fraction of sp³-hybridized carbons (Fsp3) is 0.364. The molecule has 0 saturated heterocycles. The summed E-state index contributed by atoms with van der Waals surface area (Å²) in [6.45, 7) is 0. The van der Waals surface area contributed by atoms with E-state index in [0.717, 1.165) is 5.56 Å². The van der Waals surface area contributed by atoms with Crippen molar-refractivity contribution in [1.82, 2.24) is 5.32 Å². The summed E-state index contributed by atoms with van der Waals surface area (Å²) in [5.41, 5.74) is 6.95. The zero-order valence-electron chi connectivity index (χ0n) is 8.68. The van der Waals surface area contributed by atoms with Crippen LogP contribution in [-0.2, 0) is 0 Å². The van der Waals surface area contributed by atoms with E-state index in [1.807, 2.05) is 30.3 Å². The van der Waals surface area contributed by atoms with Crippen molar-refractivity contribution in [3.8, 4) is 0 Å². The Hall–Kier alpha value is -0.970. The first-order valence-corrected chi connectivity index (χ1v) is 5.26. The summed E-state index contributed by atoms with van der Waals surface area (Å²) in [6.07, 6.45) is -0.246. The normalized spacial score (nSPS) is 14.3. The average molecular weight is 224 g/mol. The van der Waals surface area contributed by atoms with Gasteiger partial charge >= 0.3 is 0 Å². The van der Waals surface area contributed by atoms with Gasteiger partial charge in [-0.1, -0.05) is 42.5 Å². The van der Waals surface area contributed by atoms with Gasteiger partial charge in [0.2, 0.25) is 0 Å². The van der Waals surface area contributed by atoms with Crippen molar-refractivity contribution in [1.29, 1.82) is 0 Å². The van der Waals surface area contributed by atoms with Crippen LogP contribution in [-0.4, -0.2) is 23.2 Å². The van der Waals surface area contributed by atoms with Crippen LogP contribution in [0.2, 0.25) is 0 Å². The minimum atomic E-state index is -0.680. The molecule has 3 nitrogen and oxygen atoms in total. The highest BCUT2D eigenvalue weighted by atomic mass is 32.1. The van der Waals surface area contributed by atoms with E-state index in [2.05, 4.69) is 5.32 Å². The molecule has 0 spiro atoms. The molecule has 0 amide bonds. The van der Waals surface area contributed by atoms with Crippen molar-refractivity contribution in [3.05, 3.63) is 35.9 Å². The summed E-state index contributed by atoms with van der Waals surface area (Å²) in [4.78, 5) is 0.432. The molecule has 15 heavy (non-hydrogen) atoms. The molecule has 2 atom stereocenters. The standard InChI is InChI=1S/C11H16N2OS/c1-13-11(15)10(14)7-9(12)8-5-3-2-4-6-8/h2-6,9-10,14H,7,12H2,1H3,(H,13,15). The van der Waals surface area contributed by atoms with Gasteiger partial charge in [-0.15, -0.1) is 0 Å². The van der Waals surface area contributed by atoms with E-state index in [-0.39, 0.29) is 6.04 Å². The molecule has 1 rings (SSSR count). The third-order valence-corrected chi connectivity index (χ3v) is 2.73. The lowest BCUT2D eigenvalue weighted by Crippen LogP contribution is -2.32. The van der Waals surface area contributed by atoms with E-state index >= 15 is 0 Å². The van der Waals surface area contributed by atoms with Gasteiger partial charge in [-0.05, 0) is 12.0 Å². The molecule has 0 heterocycles. The van der Waals surface area contributed by atoms with Crippen LogP contribution in [0.15, 0.2) is 30.3 Å². The lowest BCUT2D eigenvalue weighted by atomic mass is 10.0. The molecule has 0 aromatic heterocycles. The number of aliphatic hydroxyl groups is 1. The third kappa shape index (κ3) is 3.58. The second-order valence-electron chi connectivity index (χ2n) is 3.38. The Bertz CT molecular complexity index is 316. The Morgan fingerprint density at radius 1 is 1.47 bits per heavy atom. The number of nitrogens with one attached hydrogen (secondary N) is 1. The maximum atomic E-state index is 9.67. The molecule has 0 saturated carbocycles. The second kappa shape index (κ2) is 5.80. The molecule has 1 aromatic carbocycles. The summed E-state index contributed by atoms with van der Waals surface area (Å²) < 4.78 is 0. The molecule has 4 heteroatoms. The van der Waals surface area contributed by atoms with Gasteiger partial charge in [0, 0.05) is 13.1 Å². The topological polar surface area (TPSA) is 58.3 Å². The first-order valence-electron chi connectivity index (χ1n) is 4.85. The highest BCUT2D eigenvalue weighted by molar-refractivity contribution is 7.80. The van der Waals surface area contributed by atoms with Crippen LogP contribution < -0.4 is 11.1 Å². The van der Waals surface area contributed by atoms with E-state index in [0.29, 0.717) is 11.4 Å². The zero-order chi connectivity index (χ0) is 11.3. The number of benzene rings is 1. The van der Waals surface area contributed by atoms with Gasteiger partial charge in [0.05, 0.1) is 0 Å². The molecule has 0 aliphatic heterocycles. The number of likely N-dealkylation sites (N-methyl/N-ethyl adjacent to an activating group) is 1. The predicted octanol–water partition coefficient (Wildman–Crippen LogP) is 0.984. The minimum absolute atomic E-state index is 0.188. The SMILES string of the molecule is CNC(=S)C(O)CC(N)c1ccccc1. The number of hydrogen-bond acceptors (Lipinski definition) is 3. The van der Waals surface area contributed by atoms with Crippen molar-refractivity contribution < 1.29 is 5.11 Å². The van der Waals surface area contributed by atoms with Gasteiger partial charge in [0.15, 0.2) is 0 Å². The molecule has 2 unspecified atom stereocenters. The molecule has 0 aliphatic rings. The van der Waals surface area contributed by atoms with Crippen LogP contribution in [0.25, 0.3) is 0 Å². The Morgan fingerprint density at radius 2 is 2.07 bits per heavy atom. The van der Waals surface area contributed by atoms with E-state index in [4.69, 9.17) is 18.0 Å². The largest absolute Gasteiger partial charge is 0.386 e. The fourth-order valence-electron chi connectivity index (χ4n) is 1.35. The quantitative estimate of drug-likeness (QED) is 0.667. The van der Waals surface area contributed by atoms with Crippen LogP contribution in [0.3, 0.4) is 0 Å². The van der Waals surface area contributed by atoms with Crippen LogP contribution >= 0.6 is 12.2 Å². The number of aliphatic hydroxyl groups excluding tert-OH is 1. The van der Waals surface area contributed by atoms with Crippen LogP contribution in [0, 0.1) is 0 Å². The molecular formula is C11H16N2OS. The van der Waals surface area contributed by atoms with Crippen molar-refractivity contribution in [2.24, 2.45) is 5.73 Å². The van der Waals surface area contributed by atoms with Crippen molar-refractivity contribution >= 4 is 17.2 Å². The first-order chi connectivity index (χ1) is 7.15. The van der Waals surface area contributed by atoms with Gasteiger partial charge in [-0.3, -0.25) is 0 Å². The van der Waals surface area contributed by atoms with Crippen molar-refractivity contribution in [2.75, 3.05) is 7.05 Å². The molecule has 0 radical (unpaired) electrons. The van der Waals surface area contributed by atoms with E-state index in [9.17, 15) is 5.11 Å². The van der Waals surface area contributed by atoms with Gasteiger partial charge < -0.3 is 16.2 Å². The smallest absolute Gasteiger partial charge is 0.106 e. The second-order valence-corrected chi connectivity index (χ2v) is 3.82. The van der Waals surface area contributed by atoms with Crippen molar-refractivity contribution in [2.45, 2.75) is 18.6 Å². The van der Waals surface area contributed by atoms with Crippen LogP contribution in [0.1, 0.15) is 18.0 Å². The lowest BCUT2D eigenvalue weighted by Gasteiger charge is -2.17. The molecule has 4 N–H and O–H groups in total. The number of hydrogen-bond donors (Lipinski definition) is 3. The molecular weight excluding hydrogens is 208 g/mol. The first kappa shape index (κ1) is 12.1. The van der Waals surface area contributed by atoms with Gasteiger partial charge in [0.1, 0.15) is 11.1 Å². The fourth-order valence-corrected chi connectivity index (χ4v) is 1.45. The summed E-state index contributed by atoms with van der Waals surface area (Å²) in [7, 11) is 1.69. The zero-order valence-corrected chi connectivity index (χ0v) is 9.50. The summed E-state index contributed by atoms with van der Waals surface area (Å²) >= 11 is 4.93. The predicted molar refractivity (Wildman–Crippen MR) is 65.7 cm³/mol. The molecule has 82 valence electrons. The summed E-state index contributed by atoms with van der Waals surface area (Å²) in [5.74, 6) is 0. The van der Waals surface area contributed by atoms with E-state index in [1.54, 1.807) is 7.05 Å². The summed E-state index contributed by atoms with van der Waals surface area (Å²) in [5, 5.41) is 12.4. The Balaban J connectivity index is 2.56. The third-order valence-electron chi connectivity index (χ3n) is 2.25. The Kier molecular flexibility index (Phi) is 4.68. The van der Waals surface area contributed by atoms with Gasteiger partial charge in [-0.25, -0.2) is 0 Å². The van der Waals surface area contributed by atoms with E-state index in [1.165, 1.54) is 0 Å². The van der Waals surface area contributed by atoms with Crippen LogP contribution in [0.5, 0.6) is 0 Å². The highest BCUT2D eigenvalue weighted by Gasteiger charge is 2.15. The highest BCUT2D eigenvalue weighted by Crippen LogP contribution is 2.15. The number of thiocarbonyl (C=S) groups is 1. The van der Waals surface area contributed by atoms with E-state index < -0.39 is 6.10 Å². The lowest BCUT2D eigenvalue weighted by molar-refractivity contribution is 0.219. The Labute approximate surface area is 95.3 Å². The molecule has 0 bridgehead atoms. The van der Waals surface area contributed by atoms with Gasteiger partial charge in [-0.2, -0.15) is 0 Å². The van der Waals surface area contributed by atoms with Crippen molar-refractivity contribution in [3.63, 3.8) is 0 Å². The van der Waals surface area contributed by atoms with Crippen LogP contribution in [0.4, 0.5) is 0 Å². The monoisotopic (exact) mass is 224 g/mol. The van der Waals surface area contributed by atoms with Gasteiger partial charge in [0.25, 0.3) is 0 Å². The molecule has 0 fully saturated rings. The maximum Gasteiger partial charge on any atom is 0.106 e.